The number of hydrogen-bond donors (Lipinski definition) is 0. The minimum atomic E-state index is 0.966. The summed E-state index contributed by atoms with van der Waals surface area (Å²) in [5, 5.41) is 0. The molecule has 0 aliphatic heterocycles. The van der Waals surface area contributed by atoms with Gasteiger partial charge in [-0.3, -0.25) is 0 Å². The van der Waals surface area contributed by atoms with Gasteiger partial charge in [0.15, 0.2) is 0 Å². The van der Waals surface area contributed by atoms with E-state index in [1.807, 2.05) is 78.9 Å². The summed E-state index contributed by atoms with van der Waals surface area (Å²) in [5.74, 6) is 12.7. The van der Waals surface area contributed by atoms with Crippen LogP contribution in [0.15, 0.2) is 83.3 Å². The van der Waals surface area contributed by atoms with Gasteiger partial charge in [-0.1, -0.05) is 63.9 Å². The lowest BCUT2D eigenvalue weighted by Crippen LogP contribution is -1.80. The zero-order valence-corrected chi connectivity index (χ0v) is 14.0. The molecule has 3 rings (SSSR count). The van der Waals surface area contributed by atoms with Gasteiger partial charge >= 0.3 is 0 Å². The Bertz CT molecular complexity index is 915. The van der Waals surface area contributed by atoms with Crippen LogP contribution in [0, 0.1) is 23.7 Å². The molecule has 0 saturated heterocycles. The van der Waals surface area contributed by atoms with Crippen LogP contribution in [0.3, 0.4) is 0 Å². The molecule has 1 heteroatoms. The highest BCUT2D eigenvalue weighted by Gasteiger charge is 1.91. The molecule has 0 amide bonds. The first-order chi connectivity index (χ1) is 11.3. The Morgan fingerprint density at radius 3 is 1.57 bits per heavy atom. The molecule has 0 aromatic heterocycles. The summed E-state index contributed by atoms with van der Waals surface area (Å²) in [4.78, 5) is 0. The van der Waals surface area contributed by atoms with Crippen LogP contribution in [0.1, 0.15) is 22.3 Å². The Morgan fingerprint density at radius 1 is 0.478 bits per heavy atom. The molecule has 0 unspecified atom stereocenters. The molecule has 0 fully saturated rings. The third-order valence-corrected chi connectivity index (χ3v) is 3.71. The van der Waals surface area contributed by atoms with E-state index in [0.29, 0.717) is 0 Å². The van der Waals surface area contributed by atoms with Crippen LogP contribution in [0.4, 0.5) is 0 Å². The monoisotopic (exact) mass is 356 g/mol. The van der Waals surface area contributed by atoms with E-state index in [9.17, 15) is 0 Å². The summed E-state index contributed by atoms with van der Waals surface area (Å²) in [7, 11) is 0. The molecule has 0 nitrogen and oxygen atoms in total. The van der Waals surface area contributed by atoms with E-state index in [1.165, 1.54) is 0 Å². The van der Waals surface area contributed by atoms with Gasteiger partial charge in [0.05, 0.1) is 0 Å². The van der Waals surface area contributed by atoms with Gasteiger partial charge < -0.3 is 0 Å². The predicted molar refractivity (Wildman–Crippen MR) is 99.0 cm³/mol. The third kappa shape index (κ3) is 4.62. The summed E-state index contributed by atoms with van der Waals surface area (Å²) in [6.45, 7) is 0. The SMILES string of the molecule is Brc1ccc(C#Cc2cccc(C#Cc3ccccc3)c2)cc1. The fourth-order valence-electron chi connectivity index (χ4n) is 2.02. The van der Waals surface area contributed by atoms with Crippen LogP contribution >= 0.6 is 15.9 Å². The molecule has 108 valence electrons. The zero-order valence-electron chi connectivity index (χ0n) is 12.4. The van der Waals surface area contributed by atoms with E-state index in [2.05, 4.69) is 39.6 Å². The van der Waals surface area contributed by atoms with Gasteiger partial charge in [0, 0.05) is 26.7 Å². The lowest BCUT2D eigenvalue weighted by atomic mass is 10.1. The number of halogens is 1. The van der Waals surface area contributed by atoms with Crippen molar-refractivity contribution in [2.75, 3.05) is 0 Å². The Labute approximate surface area is 145 Å². The van der Waals surface area contributed by atoms with E-state index in [1.54, 1.807) is 0 Å². The van der Waals surface area contributed by atoms with Crippen molar-refractivity contribution in [2.24, 2.45) is 0 Å². The molecule has 0 atom stereocenters. The molecule has 3 aromatic carbocycles. The molecular formula is C22H13Br. The average molecular weight is 357 g/mol. The zero-order chi connectivity index (χ0) is 15.9. The molecule has 0 aliphatic carbocycles. The maximum atomic E-state index is 3.42. The summed E-state index contributed by atoms with van der Waals surface area (Å²) < 4.78 is 1.06. The second kappa shape index (κ2) is 7.50. The molecule has 0 heterocycles. The van der Waals surface area contributed by atoms with Gasteiger partial charge in [-0.25, -0.2) is 0 Å². The van der Waals surface area contributed by atoms with E-state index in [0.717, 1.165) is 26.7 Å². The number of benzene rings is 3. The number of hydrogen-bond acceptors (Lipinski definition) is 0. The molecular weight excluding hydrogens is 344 g/mol. The standard InChI is InChI=1S/C22H13Br/c23-22-15-13-19(14-16-22)10-12-21-8-4-7-20(17-21)11-9-18-5-2-1-3-6-18/h1-8,13-17H. The highest BCUT2D eigenvalue weighted by molar-refractivity contribution is 9.10. The highest BCUT2D eigenvalue weighted by atomic mass is 79.9. The van der Waals surface area contributed by atoms with E-state index in [-0.39, 0.29) is 0 Å². The summed E-state index contributed by atoms with van der Waals surface area (Å²) in [6.07, 6.45) is 0. The maximum Gasteiger partial charge on any atom is 0.0261 e. The lowest BCUT2D eigenvalue weighted by Gasteiger charge is -1.94. The minimum absolute atomic E-state index is 0.966. The fraction of sp³-hybridized carbons (Fsp3) is 0. The van der Waals surface area contributed by atoms with Crippen molar-refractivity contribution in [3.05, 3.63) is 106 Å². The third-order valence-electron chi connectivity index (χ3n) is 3.18. The van der Waals surface area contributed by atoms with Crippen molar-refractivity contribution in [1.82, 2.24) is 0 Å². The largest absolute Gasteiger partial charge is 0.0622 e. The summed E-state index contributed by atoms with van der Waals surface area (Å²) >= 11 is 3.42. The summed E-state index contributed by atoms with van der Waals surface area (Å²) in [6, 6.07) is 26.0. The highest BCUT2D eigenvalue weighted by Crippen LogP contribution is 2.10. The minimum Gasteiger partial charge on any atom is -0.0622 e. The Hall–Kier alpha value is -2.74. The van der Waals surface area contributed by atoms with Gasteiger partial charge in [-0.15, -0.1) is 0 Å². The van der Waals surface area contributed by atoms with Crippen LogP contribution in [0.25, 0.3) is 0 Å². The van der Waals surface area contributed by atoms with Gasteiger partial charge in [0.2, 0.25) is 0 Å². The Morgan fingerprint density at radius 2 is 0.957 bits per heavy atom. The van der Waals surface area contributed by atoms with Crippen LogP contribution in [-0.2, 0) is 0 Å². The van der Waals surface area contributed by atoms with Crippen molar-refractivity contribution in [3.8, 4) is 23.7 Å². The molecule has 3 aromatic rings. The molecule has 0 aliphatic rings. The predicted octanol–water partition coefficient (Wildman–Crippen LogP) is 5.25. The molecule has 0 saturated carbocycles. The molecule has 23 heavy (non-hydrogen) atoms. The number of rotatable bonds is 0. The molecule has 0 spiro atoms. The topological polar surface area (TPSA) is 0 Å². The fourth-order valence-corrected chi connectivity index (χ4v) is 2.28. The molecule has 0 N–H and O–H groups in total. The quantitative estimate of drug-likeness (QED) is 0.482. The van der Waals surface area contributed by atoms with E-state index < -0.39 is 0 Å². The second-order valence-corrected chi connectivity index (χ2v) is 5.87. The first-order valence-electron chi connectivity index (χ1n) is 7.24. The van der Waals surface area contributed by atoms with Crippen LogP contribution < -0.4 is 0 Å². The molecule has 0 bridgehead atoms. The maximum absolute atomic E-state index is 3.42. The second-order valence-electron chi connectivity index (χ2n) is 4.95. The Kier molecular flexibility index (Phi) is 4.95. The van der Waals surface area contributed by atoms with Crippen LogP contribution in [0.2, 0.25) is 0 Å². The van der Waals surface area contributed by atoms with Gasteiger partial charge in [0.25, 0.3) is 0 Å². The normalized spacial score (nSPS) is 9.26. The first-order valence-corrected chi connectivity index (χ1v) is 8.04. The van der Waals surface area contributed by atoms with Gasteiger partial charge in [0.1, 0.15) is 0 Å². The van der Waals surface area contributed by atoms with Crippen molar-refractivity contribution in [1.29, 1.82) is 0 Å². The molecule has 0 radical (unpaired) electrons. The van der Waals surface area contributed by atoms with E-state index in [4.69, 9.17) is 0 Å². The van der Waals surface area contributed by atoms with Crippen molar-refractivity contribution in [3.63, 3.8) is 0 Å². The van der Waals surface area contributed by atoms with E-state index >= 15 is 0 Å². The smallest absolute Gasteiger partial charge is 0.0261 e. The lowest BCUT2D eigenvalue weighted by molar-refractivity contribution is 1.58. The van der Waals surface area contributed by atoms with Gasteiger partial charge in [-0.2, -0.15) is 0 Å². The van der Waals surface area contributed by atoms with Gasteiger partial charge in [-0.05, 0) is 54.6 Å². The van der Waals surface area contributed by atoms with Crippen molar-refractivity contribution >= 4 is 15.9 Å². The Balaban J connectivity index is 1.81. The van der Waals surface area contributed by atoms with Crippen LogP contribution in [0.5, 0.6) is 0 Å². The summed E-state index contributed by atoms with van der Waals surface area (Å²) in [5.41, 5.74) is 3.94. The van der Waals surface area contributed by atoms with Crippen molar-refractivity contribution < 1.29 is 0 Å². The van der Waals surface area contributed by atoms with Crippen molar-refractivity contribution in [2.45, 2.75) is 0 Å². The average Bonchev–Trinajstić information content (AvgIpc) is 2.61. The first kappa shape index (κ1) is 15.2. The van der Waals surface area contributed by atoms with Crippen LogP contribution in [-0.4, -0.2) is 0 Å².